The van der Waals surface area contributed by atoms with Gasteiger partial charge in [0.05, 0.1) is 0 Å². The minimum Gasteiger partial charge on any atom is -0.399 e. The van der Waals surface area contributed by atoms with Crippen molar-refractivity contribution in [2.75, 3.05) is 11.5 Å². The molecule has 2 unspecified atom stereocenters. The predicted octanol–water partition coefficient (Wildman–Crippen LogP) is 11.2. The molecule has 2 heteroatoms. The van der Waals surface area contributed by atoms with Crippen LogP contribution >= 0.6 is 0 Å². The molecule has 4 N–H and O–H groups in total. The van der Waals surface area contributed by atoms with Gasteiger partial charge in [-0.05, 0) is 76.9 Å². The Labute approximate surface area is 255 Å². The van der Waals surface area contributed by atoms with Crippen molar-refractivity contribution in [3.63, 3.8) is 0 Å². The van der Waals surface area contributed by atoms with Crippen molar-refractivity contribution >= 4 is 11.4 Å². The van der Waals surface area contributed by atoms with Gasteiger partial charge in [0.15, 0.2) is 0 Å². The molecule has 0 spiro atoms. The maximum absolute atomic E-state index is 6.00. The van der Waals surface area contributed by atoms with E-state index in [9.17, 15) is 0 Å². The van der Waals surface area contributed by atoms with Crippen LogP contribution in [0.25, 0.3) is 0 Å². The van der Waals surface area contributed by atoms with Crippen LogP contribution < -0.4 is 11.5 Å². The summed E-state index contributed by atoms with van der Waals surface area (Å²) in [6, 6.07) is 36.1. The van der Waals surface area contributed by atoms with E-state index >= 15 is 0 Å². The lowest BCUT2D eigenvalue weighted by molar-refractivity contribution is 0.616. The van der Waals surface area contributed by atoms with Crippen LogP contribution in [-0.2, 0) is 0 Å². The second kappa shape index (κ2) is 16.2. The fourth-order valence-electron chi connectivity index (χ4n) is 6.37. The molecule has 0 saturated carbocycles. The van der Waals surface area contributed by atoms with Gasteiger partial charge in [-0.1, -0.05) is 139 Å². The van der Waals surface area contributed by atoms with Crippen molar-refractivity contribution in [1.82, 2.24) is 0 Å². The minimum absolute atomic E-state index is 0.408. The summed E-state index contributed by atoms with van der Waals surface area (Å²) < 4.78 is 0. The summed E-state index contributed by atoms with van der Waals surface area (Å²) in [6.45, 7) is 6.84. The molecule has 222 valence electrons. The third-order valence-electron chi connectivity index (χ3n) is 8.95. The molecular weight excluding hydrogens is 508 g/mol. The first-order valence-corrected chi connectivity index (χ1v) is 16.4. The van der Waals surface area contributed by atoms with Gasteiger partial charge in [-0.2, -0.15) is 0 Å². The van der Waals surface area contributed by atoms with Gasteiger partial charge in [-0.15, -0.1) is 0 Å². The van der Waals surface area contributed by atoms with Crippen LogP contribution in [0.15, 0.2) is 97.1 Å². The summed E-state index contributed by atoms with van der Waals surface area (Å²) >= 11 is 0. The quantitative estimate of drug-likeness (QED) is 0.106. The normalized spacial score (nSPS) is 13.5. The van der Waals surface area contributed by atoms with Crippen LogP contribution in [0.1, 0.15) is 136 Å². The zero-order chi connectivity index (χ0) is 29.7. The molecule has 0 aliphatic heterocycles. The molecule has 0 aliphatic carbocycles. The third kappa shape index (κ3) is 8.51. The summed E-state index contributed by atoms with van der Waals surface area (Å²) in [4.78, 5) is 0. The molecule has 0 aromatic heterocycles. The molecule has 0 radical (unpaired) electrons. The molecule has 4 rings (SSSR count). The first kappa shape index (κ1) is 31.4. The summed E-state index contributed by atoms with van der Waals surface area (Å²) in [6.07, 6.45) is 12.1. The maximum Gasteiger partial charge on any atom is 0.0314 e. The Bertz CT molecular complexity index is 1200. The van der Waals surface area contributed by atoms with Crippen LogP contribution in [0.2, 0.25) is 0 Å². The summed E-state index contributed by atoms with van der Waals surface area (Å²) in [7, 11) is 0. The molecule has 0 amide bonds. The molecule has 0 aliphatic rings. The van der Waals surface area contributed by atoms with Crippen molar-refractivity contribution in [3.8, 4) is 0 Å². The number of unbranched alkanes of at least 4 members (excludes halogenated alkanes) is 4. The number of nitrogen functional groups attached to an aromatic ring is 2. The summed E-state index contributed by atoms with van der Waals surface area (Å²) in [5.41, 5.74) is 22.0. The lowest BCUT2D eigenvalue weighted by Gasteiger charge is -2.23. The first-order chi connectivity index (χ1) is 20.5. The van der Waals surface area contributed by atoms with E-state index in [1.54, 1.807) is 0 Å². The van der Waals surface area contributed by atoms with E-state index in [1.165, 1.54) is 84.7 Å². The average molecular weight is 561 g/mol. The van der Waals surface area contributed by atoms with Crippen LogP contribution in [-0.4, -0.2) is 0 Å². The highest BCUT2D eigenvalue weighted by Gasteiger charge is 2.19. The van der Waals surface area contributed by atoms with Crippen LogP contribution in [0, 0.1) is 0 Å². The van der Waals surface area contributed by atoms with Gasteiger partial charge in [-0.25, -0.2) is 0 Å². The van der Waals surface area contributed by atoms with Gasteiger partial charge >= 0.3 is 0 Å². The second-order valence-electron chi connectivity index (χ2n) is 12.1. The molecular formula is C40H52N2. The smallest absolute Gasteiger partial charge is 0.0314 e. The fourth-order valence-corrected chi connectivity index (χ4v) is 6.37. The zero-order valence-electron chi connectivity index (χ0n) is 26.2. The molecule has 0 fully saturated rings. The molecule has 0 saturated heterocycles. The molecule has 42 heavy (non-hydrogen) atoms. The highest BCUT2D eigenvalue weighted by atomic mass is 14.5. The van der Waals surface area contributed by atoms with Gasteiger partial charge in [0.1, 0.15) is 0 Å². The molecule has 2 atom stereocenters. The monoisotopic (exact) mass is 560 g/mol. The molecule has 4 aromatic rings. The molecule has 0 heterocycles. The summed E-state index contributed by atoms with van der Waals surface area (Å²) in [5.74, 6) is 1.23. The number of benzene rings is 4. The Morgan fingerprint density at radius 1 is 0.357 bits per heavy atom. The average Bonchev–Trinajstić information content (AvgIpc) is 3.02. The number of rotatable bonds is 16. The molecule has 4 aromatic carbocycles. The Balaban J connectivity index is 1.60. The van der Waals surface area contributed by atoms with Gasteiger partial charge in [0.25, 0.3) is 0 Å². The number of hydrogen-bond donors (Lipinski definition) is 2. The zero-order valence-corrected chi connectivity index (χ0v) is 26.2. The van der Waals surface area contributed by atoms with Crippen molar-refractivity contribution < 1.29 is 0 Å². The first-order valence-electron chi connectivity index (χ1n) is 16.4. The Kier molecular flexibility index (Phi) is 12.1. The van der Waals surface area contributed by atoms with Crippen molar-refractivity contribution in [1.29, 1.82) is 0 Å². The standard InChI is InChI=1S/C40H52N2/c1-4-7-10-13-40(32-18-14-30(15-19-32)38(11-8-5-2)34-22-26-36(41)27-23-34)33-20-16-31(17-21-33)39(12-9-6-3)35-24-28-37(42)29-25-35/h14-29,38-40H,4-13,41-42H2,1-3H3. The van der Waals surface area contributed by atoms with Crippen LogP contribution in [0.3, 0.4) is 0 Å². The van der Waals surface area contributed by atoms with E-state index in [2.05, 4.69) is 93.6 Å². The summed E-state index contributed by atoms with van der Waals surface area (Å²) in [5, 5.41) is 0. The Hall–Kier alpha value is -3.52. The molecule has 2 nitrogen and oxygen atoms in total. The molecule has 0 bridgehead atoms. The van der Waals surface area contributed by atoms with Crippen LogP contribution in [0.4, 0.5) is 11.4 Å². The van der Waals surface area contributed by atoms with Crippen molar-refractivity contribution in [2.45, 2.75) is 103 Å². The van der Waals surface area contributed by atoms with Crippen molar-refractivity contribution in [2.24, 2.45) is 0 Å². The highest BCUT2D eigenvalue weighted by Crippen LogP contribution is 2.36. The lowest BCUT2D eigenvalue weighted by Crippen LogP contribution is -2.06. The third-order valence-corrected chi connectivity index (χ3v) is 8.95. The van der Waals surface area contributed by atoms with E-state index in [-0.39, 0.29) is 0 Å². The van der Waals surface area contributed by atoms with Gasteiger partial charge in [-0.3, -0.25) is 0 Å². The van der Waals surface area contributed by atoms with Gasteiger partial charge in [0.2, 0.25) is 0 Å². The lowest BCUT2D eigenvalue weighted by atomic mass is 9.82. The number of anilines is 2. The number of hydrogen-bond acceptors (Lipinski definition) is 2. The Morgan fingerprint density at radius 3 is 0.857 bits per heavy atom. The van der Waals surface area contributed by atoms with E-state index in [0.29, 0.717) is 17.8 Å². The Morgan fingerprint density at radius 2 is 0.595 bits per heavy atom. The fraction of sp³-hybridized carbons (Fsp3) is 0.400. The van der Waals surface area contributed by atoms with Gasteiger partial charge < -0.3 is 11.5 Å². The van der Waals surface area contributed by atoms with E-state index in [1.807, 2.05) is 24.3 Å². The highest BCUT2D eigenvalue weighted by molar-refractivity contribution is 5.45. The van der Waals surface area contributed by atoms with E-state index in [0.717, 1.165) is 24.2 Å². The minimum atomic E-state index is 0.408. The SMILES string of the molecule is CCCCCC(c1ccc(C(CCCC)c2ccc(N)cc2)cc1)c1ccc(C(CCCC)c2ccc(N)cc2)cc1. The predicted molar refractivity (Wildman–Crippen MR) is 183 cm³/mol. The van der Waals surface area contributed by atoms with E-state index < -0.39 is 0 Å². The van der Waals surface area contributed by atoms with Gasteiger partial charge in [0, 0.05) is 29.1 Å². The maximum atomic E-state index is 6.00. The number of nitrogens with two attached hydrogens (primary N) is 2. The topological polar surface area (TPSA) is 52.0 Å². The largest absolute Gasteiger partial charge is 0.399 e. The van der Waals surface area contributed by atoms with E-state index in [4.69, 9.17) is 11.5 Å². The van der Waals surface area contributed by atoms with Crippen molar-refractivity contribution in [3.05, 3.63) is 130 Å². The second-order valence-corrected chi connectivity index (χ2v) is 12.1. The van der Waals surface area contributed by atoms with Crippen LogP contribution in [0.5, 0.6) is 0 Å².